The van der Waals surface area contributed by atoms with E-state index in [1.54, 1.807) is 0 Å². The van der Waals surface area contributed by atoms with Crippen molar-refractivity contribution in [2.75, 3.05) is 13.2 Å². The summed E-state index contributed by atoms with van der Waals surface area (Å²) in [6.07, 6.45) is 3.81. The lowest BCUT2D eigenvalue weighted by Crippen LogP contribution is -2.20. The third-order valence-electron chi connectivity index (χ3n) is 2.41. The number of halogens is 2. The van der Waals surface area contributed by atoms with Crippen LogP contribution >= 0.6 is 23.2 Å². The molecule has 0 radical (unpaired) electrons. The largest absolute Gasteiger partial charge is 0.422 e. The van der Waals surface area contributed by atoms with E-state index >= 15 is 0 Å². The summed E-state index contributed by atoms with van der Waals surface area (Å²) in [4.78, 5) is -0.440. The lowest BCUT2D eigenvalue weighted by atomic mass is 10.2. The SMILES string of the molecule is [SiH3]OC(CCCOC1CCCO1)C(Cl)Cl. The van der Waals surface area contributed by atoms with Crippen LogP contribution in [0.1, 0.15) is 25.7 Å². The maximum atomic E-state index is 5.75. The second-order valence-electron chi connectivity index (χ2n) is 3.56. The highest BCUT2D eigenvalue weighted by Gasteiger charge is 2.17. The van der Waals surface area contributed by atoms with Gasteiger partial charge in [-0.05, 0) is 19.3 Å². The second-order valence-corrected chi connectivity index (χ2v) is 5.20. The molecule has 3 nitrogen and oxygen atoms in total. The van der Waals surface area contributed by atoms with Gasteiger partial charge in [0.05, 0.1) is 6.10 Å². The van der Waals surface area contributed by atoms with Gasteiger partial charge in [-0.2, -0.15) is 0 Å². The van der Waals surface area contributed by atoms with Crippen molar-refractivity contribution in [3.63, 3.8) is 0 Å². The first-order valence-electron chi connectivity index (χ1n) is 5.28. The standard InChI is InChI=1S/C9H18Cl2O3Si/c10-9(11)7(14-15)3-1-5-12-8-4-2-6-13-8/h7-9H,1-6H2,15H3. The molecule has 0 bridgehead atoms. The van der Waals surface area contributed by atoms with Gasteiger partial charge >= 0.3 is 0 Å². The highest BCUT2D eigenvalue weighted by Crippen LogP contribution is 2.17. The van der Waals surface area contributed by atoms with E-state index in [4.69, 9.17) is 37.1 Å². The van der Waals surface area contributed by atoms with E-state index in [-0.39, 0.29) is 12.4 Å². The lowest BCUT2D eigenvalue weighted by molar-refractivity contribution is -0.112. The zero-order valence-electron chi connectivity index (χ0n) is 8.96. The fourth-order valence-electron chi connectivity index (χ4n) is 1.53. The molecule has 1 aliphatic heterocycles. The van der Waals surface area contributed by atoms with Gasteiger partial charge in [-0.3, -0.25) is 0 Å². The summed E-state index contributed by atoms with van der Waals surface area (Å²) in [5.41, 5.74) is 0. The minimum atomic E-state index is -0.440. The molecule has 1 aliphatic rings. The molecule has 90 valence electrons. The van der Waals surface area contributed by atoms with Crippen molar-refractivity contribution in [3.8, 4) is 0 Å². The third kappa shape index (κ3) is 5.52. The summed E-state index contributed by atoms with van der Waals surface area (Å²) < 4.78 is 16.1. The van der Waals surface area contributed by atoms with Gasteiger partial charge < -0.3 is 13.9 Å². The maximum Gasteiger partial charge on any atom is 0.157 e. The van der Waals surface area contributed by atoms with E-state index in [0.29, 0.717) is 17.1 Å². The minimum absolute atomic E-state index is 0.00294. The van der Waals surface area contributed by atoms with E-state index in [9.17, 15) is 0 Å². The van der Waals surface area contributed by atoms with E-state index in [2.05, 4.69) is 0 Å². The van der Waals surface area contributed by atoms with Crippen LogP contribution in [0, 0.1) is 0 Å². The molecule has 0 N–H and O–H groups in total. The monoisotopic (exact) mass is 272 g/mol. The summed E-state index contributed by atoms with van der Waals surface area (Å²) in [6, 6.07) is 0. The predicted octanol–water partition coefficient (Wildman–Crippen LogP) is 1.39. The van der Waals surface area contributed by atoms with Crippen molar-refractivity contribution >= 4 is 33.7 Å². The van der Waals surface area contributed by atoms with Gasteiger partial charge in [0, 0.05) is 19.6 Å². The molecule has 1 rings (SSSR count). The van der Waals surface area contributed by atoms with Crippen LogP contribution in [0.4, 0.5) is 0 Å². The first-order chi connectivity index (χ1) is 7.24. The van der Waals surface area contributed by atoms with E-state index in [1.807, 2.05) is 0 Å². The van der Waals surface area contributed by atoms with Gasteiger partial charge in [0.25, 0.3) is 0 Å². The Labute approximate surface area is 104 Å². The molecule has 2 unspecified atom stereocenters. The predicted molar refractivity (Wildman–Crippen MR) is 64.5 cm³/mol. The number of hydrogen-bond donors (Lipinski definition) is 0. The zero-order valence-corrected chi connectivity index (χ0v) is 12.5. The molecule has 2 atom stereocenters. The quantitative estimate of drug-likeness (QED) is 0.398. The molecule has 1 saturated heterocycles. The second kappa shape index (κ2) is 7.87. The molecule has 1 heterocycles. The molecule has 0 aromatic heterocycles. The summed E-state index contributed by atoms with van der Waals surface area (Å²) in [7, 11) is 0.662. The zero-order chi connectivity index (χ0) is 11.1. The van der Waals surface area contributed by atoms with Gasteiger partial charge in [0.2, 0.25) is 0 Å². The number of rotatable bonds is 7. The molecular formula is C9H18Cl2O3Si. The lowest BCUT2D eigenvalue weighted by Gasteiger charge is -2.17. The highest BCUT2D eigenvalue weighted by molar-refractivity contribution is 6.44. The van der Waals surface area contributed by atoms with Crippen LogP contribution < -0.4 is 0 Å². The van der Waals surface area contributed by atoms with Crippen LogP contribution in [-0.2, 0) is 13.9 Å². The van der Waals surface area contributed by atoms with E-state index in [1.165, 1.54) is 0 Å². The number of ether oxygens (including phenoxy) is 2. The fourth-order valence-corrected chi connectivity index (χ4v) is 2.84. The Morgan fingerprint density at radius 1 is 1.47 bits per heavy atom. The van der Waals surface area contributed by atoms with E-state index < -0.39 is 4.84 Å². The smallest absolute Gasteiger partial charge is 0.157 e. The molecule has 0 aliphatic carbocycles. The molecule has 0 spiro atoms. The molecule has 1 fully saturated rings. The van der Waals surface area contributed by atoms with Gasteiger partial charge in [-0.25, -0.2) is 0 Å². The van der Waals surface area contributed by atoms with Gasteiger partial charge in [0.15, 0.2) is 6.29 Å². The van der Waals surface area contributed by atoms with Crippen molar-refractivity contribution in [3.05, 3.63) is 0 Å². The molecule has 0 aromatic carbocycles. The van der Waals surface area contributed by atoms with Gasteiger partial charge in [-0.1, -0.05) is 0 Å². The van der Waals surface area contributed by atoms with Crippen LogP contribution in [0.15, 0.2) is 0 Å². The summed E-state index contributed by atoms with van der Waals surface area (Å²) >= 11 is 11.5. The minimum Gasteiger partial charge on any atom is -0.422 e. The molecule has 0 saturated carbocycles. The molecule has 6 heteroatoms. The number of hydrogen-bond acceptors (Lipinski definition) is 3. The Bertz CT molecular complexity index is 165. The maximum absolute atomic E-state index is 5.75. The normalized spacial score (nSPS) is 23.8. The summed E-state index contributed by atoms with van der Waals surface area (Å²) in [6.45, 7) is 1.51. The van der Waals surface area contributed by atoms with Crippen LogP contribution in [0.2, 0.25) is 0 Å². The molecule has 0 amide bonds. The molecular weight excluding hydrogens is 255 g/mol. The third-order valence-corrected chi connectivity index (χ3v) is 3.58. The van der Waals surface area contributed by atoms with Crippen molar-refractivity contribution in [1.82, 2.24) is 0 Å². The number of alkyl halides is 2. The summed E-state index contributed by atoms with van der Waals surface area (Å²) in [5.74, 6) is 0. The van der Waals surface area contributed by atoms with Crippen molar-refractivity contribution in [2.45, 2.75) is 42.9 Å². The van der Waals surface area contributed by atoms with Gasteiger partial charge in [0.1, 0.15) is 15.3 Å². The first-order valence-corrected chi connectivity index (χ1v) is 6.97. The Kier molecular flexibility index (Phi) is 7.21. The van der Waals surface area contributed by atoms with Crippen molar-refractivity contribution in [1.29, 1.82) is 0 Å². The van der Waals surface area contributed by atoms with E-state index in [0.717, 1.165) is 32.3 Å². The van der Waals surface area contributed by atoms with Crippen LogP contribution in [-0.4, -0.2) is 40.9 Å². The Balaban J connectivity index is 1.99. The van der Waals surface area contributed by atoms with Crippen LogP contribution in [0.3, 0.4) is 0 Å². The van der Waals surface area contributed by atoms with Gasteiger partial charge in [-0.15, -0.1) is 23.2 Å². The molecule has 15 heavy (non-hydrogen) atoms. The van der Waals surface area contributed by atoms with Crippen LogP contribution in [0.5, 0.6) is 0 Å². The van der Waals surface area contributed by atoms with Crippen LogP contribution in [0.25, 0.3) is 0 Å². The molecule has 0 aromatic rings. The van der Waals surface area contributed by atoms with Crippen molar-refractivity contribution in [2.24, 2.45) is 0 Å². The topological polar surface area (TPSA) is 27.7 Å². The average molecular weight is 273 g/mol. The first kappa shape index (κ1) is 13.7. The van der Waals surface area contributed by atoms with Crippen molar-refractivity contribution < 1.29 is 13.9 Å². The summed E-state index contributed by atoms with van der Waals surface area (Å²) in [5, 5.41) is 0. The Morgan fingerprint density at radius 3 is 2.80 bits per heavy atom. The Morgan fingerprint density at radius 2 is 2.27 bits per heavy atom. The Hall–Kier alpha value is 0.677. The average Bonchev–Trinajstić information content (AvgIpc) is 2.70. The highest BCUT2D eigenvalue weighted by atomic mass is 35.5. The fraction of sp³-hybridized carbons (Fsp3) is 1.00.